The van der Waals surface area contributed by atoms with Crippen LogP contribution in [-0.2, 0) is 9.59 Å². The molecule has 0 aliphatic carbocycles. The molecule has 0 saturated carbocycles. The van der Waals surface area contributed by atoms with Gasteiger partial charge in [0.1, 0.15) is 5.75 Å². The molecule has 1 aliphatic rings. The van der Waals surface area contributed by atoms with Crippen molar-refractivity contribution >= 4 is 50.7 Å². The lowest BCUT2D eigenvalue weighted by molar-refractivity contribution is -0.117. The number of carbonyl (C=O) groups is 2. The van der Waals surface area contributed by atoms with Gasteiger partial charge in [-0.2, -0.15) is 4.99 Å². The summed E-state index contributed by atoms with van der Waals surface area (Å²) in [6.07, 6.45) is 1.72. The number of ether oxygens (including phenoxy) is 1. The van der Waals surface area contributed by atoms with E-state index in [2.05, 4.69) is 26.2 Å². The summed E-state index contributed by atoms with van der Waals surface area (Å²) in [7, 11) is 1.59. The van der Waals surface area contributed by atoms with Crippen molar-refractivity contribution in [2.24, 2.45) is 4.99 Å². The zero-order chi connectivity index (χ0) is 14.7. The molecule has 1 aliphatic heterocycles. The number of nitrogens with one attached hydrogen (secondary N) is 1. The first kappa shape index (κ1) is 14.8. The quantitative estimate of drug-likeness (QED) is 0.828. The first-order valence-electron chi connectivity index (χ1n) is 5.63. The molecule has 0 saturated heterocycles. The van der Waals surface area contributed by atoms with Crippen molar-refractivity contribution in [2.75, 3.05) is 7.11 Å². The van der Waals surface area contributed by atoms with E-state index in [9.17, 15) is 9.59 Å². The summed E-state index contributed by atoms with van der Waals surface area (Å²) in [5, 5.41) is 2.81. The van der Waals surface area contributed by atoms with E-state index in [-0.39, 0.29) is 11.8 Å². The first-order valence-corrected chi connectivity index (χ1v) is 7.24. The summed E-state index contributed by atoms with van der Waals surface area (Å²) >= 11 is 4.53. The average molecular weight is 355 g/mol. The zero-order valence-corrected chi connectivity index (χ0v) is 13.2. The molecule has 0 unspecified atom stereocenters. The van der Waals surface area contributed by atoms with Crippen molar-refractivity contribution in [3.05, 3.63) is 33.1 Å². The van der Waals surface area contributed by atoms with Crippen LogP contribution in [0.3, 0.4) is 0 Å². The van der Waals surface area contributed by atoms with Gasteiger partial charge in [-0.05, 0) is 51.5 Å². The Balaban J connectivity index is 2.19. The molecule has 5 nitrogen and oxygen atoms in total. The summed E-state index contributed by atoms with van der Waals surface area (Å²) in [6.45, 7) is 1.37. The minimum absolute atomic E-state index is 0.252. The lowest BCUT2D eigenvalue weighted by atomic mass is 10.2. The van der Waals surface area contributed by atoms with Gasteiger partial charge in [0, 0.05) is 6.92 Å². The van der Waals surface area contributed by atoms with Crippen LogP contribution in [0.1, 0.15) is 12.5 Å². The van der Waals surface area contributed by atoms with Crippen LogP contribution in [-0.4, -0.2) is 24.1 Å². The Kier molecular flexibility index (Phi) is 4.61. The van der Waals surface area contributed by atoms with Gasteiger partial charge in [-0.25, -0.2) is 0 Å². The third-order valence-corrected chi connectivity index (χ3v) is 3.90. The van der Waals surface area contributed by atoms with Gasteiger partial charge in [0.15, 0.2) is 5.17 Å². The third-order valence-electron chi connectivity index (χ3n) is 2.38. The maximum absolute atomic E-state index is 11.7. The summed E-state index contributed by atoms with van der Waals surface area (Å²) in [6, 6.07) is 5.48. The van der Waals surface area contributed by atoms with Gasteiger partial charge in [-0.1, -0.05) is 6.07 Å². The Bertz CT molecular complexity index is 641. The second-order valence-corrected chi connectivity index (χ2v) is 5.79. The predicted octanol–water partition coefficient (Wildman–Crippen LogP) is 2.56. The molecule has 0 fully saturated rings. The topological polar surface area (TPSA) is 67.8 Å². The molecule has 0 spiro atoms. The number of aliphatic imine (C=N–C) groups is 1. The van der Waals surface area contributed by atoms with Crippen LogP contribution in [0.2, 0.25) is 0 Å². The molecule has 1 heterocycles. The van der Waals surface area contributed by atoms with Gasteiger partial charge in [0.2, 0.25) is 5.91 Å². The summed E-state index contributed by atoms with van der Waals surface area (Å²) in [5.41, 5.74) is 0.841. The molecule has 7 heteroatoms. The molecule has 1 N–H and O–H groups in total. The number of carbonyl (C=O) groups excluding carboxylic acids is 2. The van der Waals surface area contributed by atoms with E-state index in [1.165, 1.54) is 6.92 Å². The Morgan fingerprint density at radius 2 is 2.25 bits per heavy atom. The van der Waals surface area contributed by atoms with E-state index < -0.39 is 0 Å². The third kappa shape index (κ3) is 3.49. The van der Waals surface area contributed by atoms with Crippen LogP contribution in [0.25, 0.3) is 6.08 Å². The maximum atomic E-state index is 11.7. The predicted molar refractivity (Wildman–Crippen MR) is 82.5 cm³/mol. The van der Waals surface area contributed by atoms with Gasteiger partial charge >= 0.3 is 0 Å². The Hall–Kier alpha value is -1.60. The Morgan fingerprint density at radius 3 is 2.85 bits per heavy atom. The van der Waals surface area contributed by atoms with Crippen molar-refractivity contribution in [1.82, 2.24) is 5.32 Å². The van der Waals surface area contributed by atoms with Crippen LogP contribution >= 0.6 is 27.7 Å². The molecule has 2 amide bonds. The summed E-state index contributed by atoms with van der Waals surface area (Å²) in [5.74, 6) is 0.107. The van der Waals surface area contributed by atoms with Gasteiger partial charge in [0.25, 0.3) is 5.91 Å². The molecule has 2 rings (SSSR count). The van der Waals surface area contributed by atoms with Crippen molar-refractivity contribution in [3.63, 3.8) is 0 Å². The molecule has 20 heavy (non-hydrogen) atoms. The van der Waals surface area contributed by atoms with E-state index in [1.807, 2.05) is 12.1 Å². The summed E-state index contributed by atoms with van der Waals surface area (Å²) < 4.78 is 5.94. The molecule has 0 bridgehead atoms. The molecular formula is C13H11BrN2O3S. The number of rotatable bonds is 2. The van der Waals surface area contributed by atoms with Crippen LogP contribution in [0.4, 0.5) is 0 Å². The summed E-state index contributed by atoms with van der Waals surface area (Å²) in [4.78, 5) is 26.9. The number of thioether (sulfide) groups is 1. The van der Waals surface area contributed by atoms with Crippen LogP contribution in [0, 0.1) is 0 Å². The lowest BCUT2D eigenvalue weighted by Crippen LogP contribution is -2.23. The van der Waals surface area contributed by atoms with Gasteiger partial charge in [-0.15, -0.1) is 0 Å². The lowest BCUT2D eigenvalue weighted by Gasteiger charge is -2.04. The molecule has 1 aromatic rings. The highest BCUT2D eigenvalue weighted by Gasteiger charge is 2.22. The highest BCUT2D eigenvalue weighted by Crippen LogP contribution is 2.30. The molecule has 0 aromatic heterocycles. The minimum Gasteiger partial charge on any atom is -0.496 e. The van der Waals surface area contributed by atoms with Crippen molar-refractivity contribution in [2.45, 2.75) is 6.92 Å². The average Bonchev–Trinajstić information content (AvgIpc) is 2.69. The Labute approximate surface area is 128 Å². The molecular weight excluding hydrogens is 344 g/mol. The number of nitrogens with zero attached hydrogens (tertiary/aromatic N) is 1. The van der Waals surface area contributed by atoms with Gasteiger partial charge in [-0.3, -0.25) is 9.59 Å². The fourth-order valence-electron chi connectivity index (χ4n) is 1.54. The second-order valence-electron chi connectivity index (χ2n) is 3.91. The molecule has 0 radical (unpaired) electrons. The van der Waals surface area contributed by atoms with E-state index in [1.54, 1.807) is 19.3 Å². The second kappa shape index (κ2) is 6.23. The number of amidine groups is 1. The largest absolute Gasteiger partial charge is 0.496 e. The SMILES string of the molecule is COc1ccc(/C=C2\SC(NC(C)=O)=NC2=O)cc1Br. The maximum Gasteiger partial charge on any atom is 0.286 e. The first-order chi connectivity index (χ1) is 9.49. The van der Waals surface area contributed by atoms with Crippen LogP contribution in [0.15, 0.2) is 32.6 Å². The van der Waals surface area contributed by atoms with Crippen molar-refractivity contribution in [1.29, 1.82) is 0 Å². The normalized spacial score (nSPS) is 16.2. The minimum atomic E-state index is -0.356. The molecule has 0 atom stereocenters. The van der Waals surface area contributed by atoms with Crippen LogP contribution < -0.4 is 10.1 Å². The van der Waals surface area contributed by atoms with E-state index in [4.69, 9.17) is 4.74 Å². The van der Waals surface area contributed by atoms with Crippen molar-refractivity contribution in [3.8, 4) is 5.75 Å². The number of halogens is 1. The van der Waals surface area contributed by atoms with Gasteiger partial charge in [0.05, 0.1) is 16.5 Å². The number of amides is 2. The van der Waals surface area contributed by atoms with Crippen LogP contribution in [0.5, 0.6) is 5.75 Å². The van der Waals surface area contributed by atoms with E-state index >= 15 is 0 Å². The van der Waals surface area contributed by atoms with Crippen molar-refractivity contribution < 1.29 is 14.3 Å². The highest BCUT2D eigenvalue weighted by atomic mass is 79.9. The van der Waals surface area contributed by atoms with E-state index in [0.717, 1.165) is 21.8 Å². The fourth-order valence-corrected chi connectivity index (χ4v) is 2.95. The fraction of sp³-hybridized carbons (Fsp3) is 0.154. The number of hydrogen-bond donors (Lipinski definition) is 1. The zero-order valence-electron chi connectivity index (χ0n) is 10.8. The number of benzene rings is 1. The molecule has 1 aromatic carbocycles. The van der Waals surface area contributed by atoms with E-state index in [0.29, 0.717) is 15.8 Å². The smallest absolute Gasteiger partial charge is 0.286 e. The number of methoxy groups -OCH3 is 1. The van der Waals surface area contributed by atoms with Gasteiger partial charge < -0.3 is 10.1 Å². The Morgan fingerprint density at radius 1 is 1.50 bits per heavy atom. The highest BCUT2D eigenvalue weighted by molar-refractivity contribution is 9.10. The standard InChI is InChI=1S/C13H11BrN2O3S/c1-7(17)15-13-16-12(18)11(20-13)6-8-3-4-10(19-2)9(14)5-8/h3-6H,1-2H3,(H,15,16,17,18)/b11-6-. The number of hydrogen-bond acceptors (Lipinski definition) is 4. The molecule has 104 valence electrons. The monoisotopic (exact) mass is 354 g/mol.